The largest absolute Gasteiger partial charge is 0.457 e. The topological polar surface area (TPSA) is 124 Å². The van der Waals surface area contributed by atoms with Crippen molar-refractivity contribution < 1.29 is 18.9 Å². The van der Waals surface area contributed by atoms with Gasteiger partial charge < -0.3 is 9.73 Å². The zero-order valence-electron chi connectivity index (χ0n) is 20.0. The minimum absolute atomic E-state index is 0.0596. The molecule has 0 aliphatic rings. The van der Waals surface area contributed by atoms with Crippen LogP contribution in [-0.4, -0.2) is 27.7 Å². The van der Waals surface area contributed by atoms with Gasteiger partial charge in [-0.2, -0.15) is 0 Å². The number of nitrogens with one attached hydrogen (secondary N) is 1. The smallest absolute Gasteiger partial charge is 0.270 e. The Balaban J connectivity index is 2.05. The maximum atomic E-state index is 13.1. The molecule has 184 valence electrons. The number of nitrogens with zero attached hydrogens (tertiary/aromatic N) is 2. The van der Waals surface area contributed by atoms with Crippen LogP contribution in [0.25, 0.3) is 23.5 Å². The first kappa shape index (κ1) is 25.8. The normalized spacial score (nSPS) is 12.7. The standard InChI is InChI=1S/C25H27N3O6S/c1-5-11-26-22(30)15-27-23(14-21(29)25(2,3)4)35-20(24(27)31)13-18-9-10-19(34-18)16-7-6-8-17(12-16)28(32)33/h6-10,12-14H,5,11,15H2,1-4H3,(H,26,30). The third-order valence-electron chi connectivity index (χ3n) is 5.05. The number of benzene rings is 1. The number of ketones is 1. The number of amides is 1. The molecule has 0 aliphatic heterocycles. The molecule has 35 heavy (non-hydrogen) atoms. The molecule has 0 spiro atoms. The Labute approximate surface area is 205 Å². The lowest BCUT2D eigenvalue weighted by atomic mass is 9.91. The molecule has 3 rings (SSSR count). The lowest BCUT2D eigenvalue weighted by Gasteiger charge is -2.12. The molecule has 9 nitrogen and oxygen atoms in total. The molecule has 0 fully saturated rings. The van der Waals surface area contributed by atoms with Gasteiger partial charge in [-0.15, -0.1) is 11.3 Å². The first-order valence-electron chi connectivity index (χ1n) is 11.1. The molecule has 1 N–H and O–H groups in total. The summed E-state index contributed by atoms with van der Waals surface area (Å²) >= 11 is 1.09. The SMILES string of the molecule is CCCNC(=O)Cn1c(=CC(=O)C(C)(C)C)sc(=Cc2ccc(-c3cccc([N+](=O)[O-])c3)o2)c1=O. The highest BCUT2D eigenvalue weighted by molar-refractivity contribution is 7.07. The first-order valence-corrected chi connectivity index (χ1v) is 11.9. The van der Waals surface area contributed by atoms with Crippen molar-refractivity contribution in [3.63, 3.8) is 0 Å². The number of carbonyl (C=O) groups excluding carboxylic acids is 2. The van der Waals surface area contributed by atoms with Gasteiger partial charge in [0.1, 0.15) is 22.7 Å². The lowest BCUT2D eigenvalue weighted by Crippen LogP contribution is -2.38. The monoisotopic (exact) mass is 497 g/mol. The Morgan fingerprint density at radius 1 is 1.23 bits per heavy atom. The minimum atomic E-state index is -0.645. The van der Waals surface area contributed by atoms with E-state index in [2.05, 4.69) is 5.32 Å². The number of nitro benzene ring substituents is 1. The zero-order chi connectivity index (χ0) is 25.8. The van der Waals surface area contributed by atoms with E-state index in [0.29, 0.717) is 32.8 Å². The number of rotatable bonds is 8. The molecule has 2 aromatic heterocycles. The van der Waals surface area contributed by atoms with E-state index in [1.807, 2.05) is 6.92 Å². The van der Waals surface area contributed by atoms with Crippen molar-refractivity contribution in [3.05, 3.63) is 71.8 Å². The summed E-state index contributed by atoms with van der Waals surface area (Å²) in [6.07, 6.45) is 3.69. The number of hydrogen-bond donors (Lipinski definition) is 1. The van der Waals surface area contributed by atoms with Crippen LogP contribution in [0.2, 0.25) is 0 Å². The quantitative estimate of drug-likeness (QED) is 0.377. The lowest BCUT2D eigenvalue weighted by molar-refractivity contribution is -0.384. The van der Waals surface area contributed by atoms with Crippen molar-refractivity contribution in [1.82, 2.24) is 9.88 Å². The first-order chi connectivity index (χ1) is 16.5. The van der Waals surface area contributed by atoms with Gasteiger partial charge in [0.25, 0.3) is 11.2 Å². The summed E-state index contributed by atoms with van der Waals surface area (Å²) in [6, 6.07) is 9.35. The van der Waals surface area contributed by atoms with E-state index in [0.717, 1.165) is 17.8 Å². The molecule has 3 aromatic rings. The summed E-state index contributed by atoms with van der Waals surface area (Å²) in [7, 11) is 0. The third-order valence-corrected chi connectivity index (χ3v) is 6.11. The van der Waals surface area contributed by atoms with Crippen molar-refractivity contribution in [3.8, 4) is 11.3 Å². The van der Waals surface area contributed by atoms with Gasteiger partial charge in [-0.1, -0.05) is 39.8 Å². The summed E-state index contributed by atoms with van der Waals surface area (Å²) in [6.45, 7) is 7.55. The van der Waals surface area contributed by atoms with Crippen LogP contribution in [0.1, 0.15) is 39.9 Å². The predicted molar refractivity (Wildman–Crippen MR) is 134 cm³/mol. The Kier molecular flexibility index (Phi) is 7.85. The fourth-order valence-corrected chi connectivity index (χ4v) is 4.09. The van der Waals surface area contributed by atoms with Crippen LogP contribution in [0.4, 0.5) is 5.69 Å². The second kappa shape index (κ2) is 10.6. The van der Waals surface area contributed by atoms with Gasteiger partial charge in [-0.25, -0.2) is 0 Å². The second-order valence-electron chi connectivity index (χ2n) is 8.96. The number of hydrogen-bond acceptors (Lipinski definition) is 7. The van der Waals surface area contributed by atoms with Gasteiger partial charge in [0.15, 0.2) is 5.78 Å². The maximum absolute atomic E-state index is 13.1. The molecular formula is C25H27N3O6S. The fraction of sp³-hybridized carbons (Fsp3) is 0.320. The van der Waals surface area contributed by atoms with Gasteiger partial charge in [0.05, 0.1) is 9.46 Å². The Bertz CT molecular complexity index is 1440. The molecule has 1 aromatic carbocycles. The van der Waals surface area contributed by atoms with Crippen LogP contribution < -0.4 is 20.1 Å². The number of Topliss-reactive ketones (excluding diaryl/α,β-unsaturated/α-hetero) is 1. The van der Waals surface area contributed by atoms with Crippen LogP contribution in [0.15, 0.2) is 45.6 Å². The average Bonchev–Trinajstić information content (AvgIpc) is 3.38. The fourth-order valence-electron chi connectivity index (χ4n) is 3.07. The molecule has 0 aliphatic carbocycles. The summed E-state index contributed by atoms with van der Waals surface area (Å²) in [5.74, 6) is 0.285. The summed E-state index contributed by atoms with van der Waals surface area (Å²) in [5, 5.41) is 13.8. The van der Waals surface area contributed by atoms with Crippen molar-refractivity contribution in [2.75, 3.05) is 6.54 Å². The van der Waals surface area contributed by atoms with Gasteiger partial charge in [0, 0.05) is 41.8 Å². The number of furan rings is 1. The molecule has 0 saturated heterocycles. The van der Waals surface area contributed by atoms with Gasteiger partial charge >= 0.3 is 0 Å². The summed E-state index contributed by atoms with van der Waals surface area (Å²) in [4.78, 5) is 48.7. The highest BCUT2D eigenvalue weighted by Gasteiger charge is 2.20. The van der Waals surface area contributed by atoms with Gasteiger partial charge in [-0.05, 0) is 18.6 Å². The average molecular weight is 498 g/mol. The van der Waals surface area contributed by atoms with E-state index in [4.69, 9.17) is 4.42 Å². The summed E-state index contributed by atoms with van der Waals surface area (Å²) in [5.41, 5.74) is -0.591. The van der Waals surface area contributed by atoms with Crippen LogP contribution in [-0.2, 0) is 16.1 Å². The van der Waals surface area contributed by atoms with E-state index in [-0.39, 0.29) is 23.9 Å². The maximum Gasteiger partial charge on any atom is 0.270 e. The highest BCUT2D eigenvalue weighted by atomic mass is 32.1. The Hall–Kier alpha value is -3.79. The molecule has 10 heteroatoms. The van der Waals surface area contributed by atoms with Gasteiger partial charge in [0.2, 0.25) is 5.91 Å². The highest BCUT2D eigenvalue weighted by Crippen LogP contribution is 2.26. The third kappa shape index (κ3) is 6.42. The molecular weight excluding hydrogens is 470 g/mol. The number of thiazole rings is 1. The number of non-ortho nitro benzene ring substituents is 1. The molecule has 1 amide bonds. The van der Waals surface area contributed by atoms with Crippen LogP contribution >= 0.6 is 11.3 Å². The van der Waals surface area contributed by atoms with E-state index in [1.165, 1.54) is 28.9 Å². The second-order valence-corrected chi connectivity index (χ2v) is 10.0. The predicted octanol–water partition coefficient (Wildman–Crippen LogP) is 2.83. The van der Waals surface area contributed by atoms with Crippen LogP contribution in [0, 0.1) is 15.5 Å². The Morgan fingerprint density at radius 3 is 2.63 bits per heavy atom. The van der Waals surface area contributed by atoms with Crippen molar-refractivity contribution >= 4 is 40.9 Å². The van der Waals surface area contributed by atoms with E-state index < -0.39 is 15.9 Å². The van der Waals surface area contributed by atoms with Crippen LogP contribution in [0.3, 0.4) is 0 Å². The van der Waals surface area contributed by atoms with Gasteiger partial charge in [-0.3, -0.25) is 29.1 Å². The number of carbonyl (C=O) groups is 2. The van der Waals surface area contributed by atoms with Crippen molar-refractivity contribution in [2.24, 2.45) is 5.41 Å². The molecule has 0 unspecified atom stereocenters. The summed E-state index contributed by atoms with van der Waals surface area (Å²) < 4.78 is 7.76. The number of aromatic nitrogens is 1. The Morgan fingerprint density at radius 2 is 1.97 bits per heavy atom. The number of nitro groups is 1. The van der Waals surface area contributed by atoms with Crippen molar-refractivity contribution in [2.45, 2.75) is 40.7 Å². The zero-order valence-corrected chi connectivity index (χ0v) is 20.8. The van der Waals surface area contributed by atoms with E-state index in [1.54, 1.807) is 45.0 Å². The van der Waals surface area contributed by atoms with E-state index in [9.17, 15) is 24.5 Å². The molecule has 0 bridgehead atoms. The molecule has 2 heterocycles. The van der Waals surface area contributed by atoms with Crippen LogP contribution in [0.5, 0.6) is 0 Å². The molecule has 0 saturated carbocycles. The molecule has 0 radical (unpaired) electrons. The molecule has 0 atom stereocenters. The van der Waals surface area contributed by atoms with E-state index >= 15 is 0 Å². The van der Waals surface area contributed by atoms with Crippen molar-refractivity contribution in [1.29, 1.82) is 0 Å². The minimum Gasteiger partial charge on any atom is -0.457 e.